The van der Waals surface area contributed by atoms with Crippen LogP contribution in [0, 0.1) is 22.9 Å². The molecule has 1 aliphatic heterocycles. The van der Waals surface area contributed by atoms with E-state index >= 15 is 0 Å². The number of aromatic nitrogens is 6. The predicted octanol–water partition coefficient (Wildman–Crippen LogP) is 1.73. The van der Waals surface area contributed by atoms with Gasteiger partial charge in [-0.25, -0.2) is 19.3 Å². The molecule has 1 amide bonds. The summed E-state index contributed by atoms with van der Waals surface area (Å²) in [5.41, 5.74) is -0.274. The monoisotopic (exact) mass is 472 g/mol. The lowest BCUT2D eigenvalue weighted by atomic mass is 10.2. The Morgan fingerprint density at radius 3 is 2.62 bits per heavy atom. The molecule has 15 heteroatoms. The van der Waals surface area contributed by atoms with E-state index in [9.17, 15) is 19.3 Å². The fourth-order valence-corrected chi connectivity index (χ4v) is 3.25. The Hall–Kier alpha value is -4.27. The first-order valence-corrected chi connectivity index (χ1v) is 10.3. The molecule has 0 aliphatic carbocycles. The Bertz CT molecular complexity index is 1200. The van der Waals surface area contributed by atoms with Gasteiger partial charge in [-0.1, -0.05) is 0 Å². The molecular formula is C19H21FN10O4. The third-order valence-electron chi connectivity index (χ3n) is 4.89. The maximum atomic E-state index is 13.2. The van der Waals surface area contributed by atoms with Crippen LogP contribution < -0.4 is 10.6 Å². The molecule has 4 heterocycles. The predicted molar refractivity (Wildman–Crippen MR) is 116 cm³/mol. The highest BCUT2D eigenvalue weighted by molar-refractivity contribution is 5.98. The highest BCUT2D eigenvalue weighted by Crippen LogP contribution is 2.31. The molecular weight excluding hydrogens is 451 g/mol. The normalized spacial score (nSPS) is 14.5. The van der Waals surface area contributed by atoms with Gasteiger partial charge in [0.05, 0.1) is 36.6 Å². The molecule has 0 unspecified atom stereocenters. The van der Waals surface area contributed by atoms with Gasteiger partial charge < -0.3 is 20.3 Å². The van der Waals surface area contributed by atoms with Gasteiger partial charge in [0, 0.05) is 24.8 Å². The summed E-state index contributed by atoms with van der Waals surface area (Å²) in [6, 6.07) is 1.02. The van der Waals surface area contributed by atoms with Gasteiger partial charge in [0.1, 0.15) is 5.82 Å². The third-order valence-corrected chi connectivity index (χ3v) is 4.89. The average Bonchev–Trinajstić information content (AvgIpc) is 3.23. The molecule has 0 bridgehead atoms. The quantitative estimate of drug-likeness (QED) is 0.337. The number of ether oxygens (including phenoxy) is 1. The molecule has 14 nitrogen and oxygen atoms in total. The maximum Gasteiger partial charge on any atom is 0.343 e. The summed E-state index contributed by atoms with van der Waals surface area (Å²) in [6.45, 7) is 4.59. The van der Waals surface area contributed by atoms with Crippen molar-refractivity contribution in [1.82, 2.24) is 35.0 Å². The molecule has 1 fully saturated rings. The van der Waals surface area contributed by atoms with Crippen LogP contribution in [0.5, 0.6) is 0 Å². The second-order valence-electron chi connectivity index (χ2n) is 7.44. The number of halogens is 1. The van der Waals surface area contributed by atoms with Gasteiger partial charge in [-0.3, -0.25) is 20.0 Å². The van der Waals surface area contributed by atoms with Crippen molar-refractivity contribution < 1.29 is 18.8 Å². The number of anilines is 3. The molecule has 0 aromatic carbocycles. The zero-order valence-electron chi connectivity index (χ0n) is 18.3. The molecule has 4 rings (SSSR count). The van der Waals surface area contributed by atoms with Crippen molar-refractivity contribution >= 4 is 29.2 Å². The number of nitro groups is 1. The van der Waals surface area contributed by atoms with Gasteiger partial charge in [-0.05, 0) is 13.8 Å². The average molecular weight is 472 g/mol. The molecule has 3 N–H and O–H groups in total. The SMILES string of the molecule is Cc1cc(Nc2nc(N[C@@H](C)c3ncc(F)cn3)nc(C(=O)N3CCOCC3)c2[N+](=O)[O-])n[nH]1. The Kier molecular flexibility index (Phi) is 6.53. The lowest BCUT2D eigenvalue weighted by Crippen LogP contribution is -2.41. The number of H-pyrrole nitrogens is 1. The number of hydrogen-bond acceptors (Lipinski definition) is 11. The molecule has 0 spiro atoms. The molecule has 0 saturated carbocycles. The number of carbonyl (C=O) groups excluding carboxylic acids is 1. The van der Waals surface area contributed by atoms with E-state index < -0.39 is 34.1 Å². The topological polar surface area (TPSA) is 177 Å². The number of aromatic amines is 1. The lowest BCUT2D eigenvalue weighted by molar-refractivity contribution is -0.384. The van der Waals surface area contributed by atoms with E-state index in [1.807, 2.05) is 0 Å². The maximum absolute atomic E-state index is 13.2. The van der Waals surface area contributed by atoms with Crippen LogP contribution in [0.4, 0.5) is 27.7 Å². The fraction of sp³-hybridized carbons (Fsp3) is 0.368. The number of hydrogen-bond donors (Lipinski definition) is 3. The van der Waals surface area contributed by atoms with E-state index in [0.29, 0.717) is 18.9 Å². The standard InChI is InChI=1S/C19H21FN10O4/c1-10-7-13(28-27-10)24-17-15(30(32)33)14(18(31)29-3-5-34-6-4-29)25-19(26-17)23-11(2)16-21-8-12(20)9-22-16/h7-9,11H,3-6H2,1-2H3,(H3,23,24,25,26,27,28)/t11-/m0/s1. The molecule has 34 heavy (non-hydrogen) atoms. The van der Waals surface area contributed by atoms with Gasteiger partial charge in [-0.2, -0.15) is 10.1 Å². The van der Waals surface area contributed by atoms with Crippen molar-refractivity contribution in [1.29, 1.82) is 0 Å². The minimum atomic E-state index is -0.716. The van der Waals surface area contributed by atoms with E-state index in [1.165, 1.54) is 4.90 Å². The Labute approximate surface area is 192 Å². The number of carbonyl (C=O) groups is 1. The van der Waals surface area contributed by atoms with Crippen LogP contribution in [0.25, 0.3) is 0 Å². The van der Waals surface area contributed by atoms with Crippen molar-refractivity contribution in [3.05, 3.63) is 51.6 Å². The number of nitrogens with one attached hydrogen (secondary N) is 3. The van der Waals surface area contributed by atoms with E-state index in [0.717, 1.165) is 12.4 Å². The highest BCUT2D eigenvalue weighted by Gasteiger charge is 2.33. The van der Waals surface area contributed by atoms with Crippen LogP contribution in [0.2, 0.25) is 0 Å². The van der Waals surface area contributed by atoms with Crippen molar-refractivity contribution in [3.8, 4) is 0 Å². The van der Waals surface area contributed by atoms with Gasteiger partial charge >= 0.3 is 5.69 Å². The first-order chi connectivity index (χ1) is 16.3. The van der Waals surface area contributed by atoms with Crippen molar-refractivity contribution in [2.75, 3.05) is 36.9 Å². The molecule has 1 atom stereocenters. The second kappa shape index (κ2) is 9.70. The Morgan fingerprint density at radius 2 is 2.00 bits per heavy atom. The third kappa shape index (κ3) is 5.03. The van der Waals surface area contributed by atoms with Gasteiger partial charge in [0.15, 0.2) is 11.6 Å². The smallest absolute Gasteiger partial charge is 0.343 e. The molecule has 178 valence electrons. The first kappa shape index (κ1) is 22.9. The van der Waals surface area contributed by atoms with Gasteiger partial charge in [0.25, 0.3) is 5.91 Å². The van der Waals surface area contributed by atoms with Crippen molar-refractivity contribution in [3.63, 3.8) is 0 Å². The minimum Gasteiger partial charge on any atom is -0.378 e. The van der Waals surface area contributed by atoms with Crippen molar-refractivity contribution in [2.24, 2.45) is 0 Å². The van der Waals surface area contributed by atoms with E-state index in [1.54, 1.807) is 19.9 Å². The van der Waals surface area contributed by atoms with E-state index in [-0.39, 0.29) is 36.5 Å². The summed E-state index contributed by atoms with van der Waals surface area (Å²) in [5, 5.41) is 24.4. The molecule has 3 aromatic heterocycles. The van der Waals surface area contributed by atoms with Crippen LogP contribution in [0.3, 0.4) is 0 Å². The summed E-state index contributed by atoms with van der Waals surface area (Å²) in [5.74, 6) is -1.03. The summed E-state index contributed by atoms with van der Waals surface area (Å²) in [4.78, 5) is 42.1. The highest BCUT2D eigenvalue weighted by atomic mass is 19.1. The van der Waals surface area contributed by atoms with Gasteiger partial charge in [0.2, 0.25) is 17.5 Å². The van der Waals surface area contributed by atoms with Crippen LogP contribution in [0.1, 0.15) is 35.0 Å². The summed E-state index contributed by atoms with van der Waals surface area (Å²) in [7, 11) is 0. The number of aryl methyl sites for hydroxylation is 1. The second-order valence-corrected chi connectivity index (χ2v) is 7.44. The summed E-state index contributed by atoms with van der Waals surface area (Å²) >= 11 is 0. The van der Waals surface area contributed by atoms with Crippen LogP contribution in [-0.2, 0) is 4.74 Å². The fourth-order valence-electron chi connectivity index (χ4n) is 3.25. The number of amides is 1. The number of morpholine rings is 1. The molecule has 1 aliphatic rings. The van der Waals surface area contributed by atoms with E-state index in [2.05, 4.69) is 40.8 Å². The zero-order valence-corrected chi connectivity index (χ0v) is 18.3. The molecule has 3 aromatic rings. The largest absolute Gasteiger partial charge is 0.378 e. The van der Waals surface area contributed by atoms with Gasteiger partial charge in [-0.15, -0.1) is 0 Å². The first-order valence-electron chi connectivity index (χ1n) is 10.3. The number of rotatable bonds is 7. The summed E-state index contributed by atoms with van der Waals surface area (Å²) in [6.07, 6.45) is 2.02. The zero-order chi connectivity index (χ0) is 24.2. The van der Waals surface area contributed by atoms with Crippen molar-refractivity contribution in [2.45, 2.75) is 19.9 Å². The lowest BCUT2D eigenvalue weighted by Gasteiger charge is -2.26. The summed E-state index contributed by atoms with van der Waals surface area (Å²) < 4.78 is 18.4. The van der Waals surface area contributed by atoms with E-state index in [4.69, 9.17) is 4.74 Å². The molecule has 1 saturated heterocycles. The minimum absolute atomic E-state index is 0.0857. The number of nitrogens with zero attached hydrogens (tertiary/aromatic N) is 7. The Balaban J connectivity index is 1.75. The molecule has 0 radical (unpaired) electrons. The Morgan fingerprint density at radius 1 is 1.29 bits per heavy atom. The van der Waals surface area contributed by atoms with Crippen LogP contribution >= 0.6 is 0 Å². The van der Waals surface area contributed by atoms with Crippen LogP contribution in [0.15, 0.2) is 18.5 Å². The van der Waals surface area contributed by atoms with Crippen LogP contribution in [-0.4, -0.2) is 72.2 Å².